The number of aromatic nitrogens is 3. The van der Waals surface area contributed by atoms with Gasteiger partial charge in [0.15, 0.2) is 5.82 Å². The molecule has 0 saturated heterocycles. The van der Waals surface area contributed by atoms with Gasteiger partial charge in [0.05, 0.1) is 5.52 Å². The highest BCUT2D eigenvalue weighted by atomic mass is 15.2. The molecule has 0 amide bonds. The minimum atomic E-state index is 0.560. The molecule has 2 N–H and O–H groups in total. The van der Waals surface area contributed by atoms with Crippen LogP contribution >= 0.6 is 0 Å². The van der Waals surface area contributed by atoms with Gasteiger partial charge < -0.3 is 5.32 Å². The molecule has 0 unspecified atom stereocenters. The van der Waals surface area contributed by atoms with Crippen molar-refractivity contribution >= 4 is 16.7 Å². The van der Waals surface area contributed by atoms with Crippen molar-refractivity contribution < 1.29 is 0 Å². The highest BCUT2D eigenvalue weighted by molar-refractivity contribution is 5.93. The predicted octanol–water partition coefficient (Wildman–Crippen LogP) is 4.37. The minimum absolute atomic E-state index is 0.560. The summed E-state index contributed by atoms with van der Waals surface area (Å²) in [5.74, 6) is 0.984. The van der Waals surface area contributed by atoms with Crippen LogP contribution in [0.3, 0.4) is 0 Å². The summed E-state index contributed by atoms with van der Waals surface area (Å²) in [6.45, 7) is 0. The second-order valence-electron chi connectivity index (χ2n) is 6.05. The lowest BCUT2D eigenvalue weighted by atomic mass is 9.95. The third kappa shape index (κ3) is 2.56. The molecule has 1 aromatic carbocycles. The van der Waals surface area contributed by atoms with Gasteiger partial charge >= 0.3 is 0 Å². The van der Waals surface area contributed by atoms with E-state index in [4.69, 9.17) is 0 Å². The summed E-state index contributed by atoms with van der Waals surface area (Å²) in [5, 5.41) is 12.4. The van der Waals surface area contributed by atoms with E-state index in [1.54, 1.807) is 0 Å². The van der Waals surface area contributed by atoms with Crippen LogP contribution in [0, 0.1) is 0 Å². The first kappa shape index (κ1) is 13.3. The third-order valence-electron chi connectivity index (χ3n) is 4.52. The zero-order valence-electron chi connectivity index (χ0n) is 12.5. The Bertz CT molecular complexity index is 757. The number of benzene rings is 1. The summed E-state index contributed by atoms with van der Waals surface area (Å²) < 4.78 is 0. The summed E-state index contributed by atoms with van der Waals surface area (Å²) in [4.78, 5) is 4.09. The second-order valence-corrected chi connectivity index (χ2v) is 6.05. The predicted molar refractivity (Wildman–Crippen MR) is 89.8 cm³/mol. The summed E-state index contributed by atoms with van der Waals surface area (Å²) in [6.07, 6.45) is 10.2. The zero-order valence-corrected chi connectivity index (χ0v) is 12.5. The number of hydrogen-bond donors (Lipinski definition) is 2. The summed E-state index contributed by atoms with van der Waals surface area (Å²) >= 11 is 0. The lowest BCUT2D eigenvalue weighted by Gasteiger charge is -2.22. The molecule has 3 aromatic rings. The van der Waals surface area contributed by atoms with Crippen LogP contribution in [0.25, 0.3) is 22.0 Å². The molecule has 1 aliphatic rings. The van der Waals surface area contributed by atoms with Crippen LogP contribution in [0.2, 0.25) is 0 Å². The number of nitrogens with zero attached hydrogens (tertiary/aromatic N) is 2. The van der Waals surface area contributed by atoms with Gasteiger partial charge in [-0.05, 0) is 48.2 Å². The topological polar surface area (TPSA) is 53.6 Å². The molecule has 4 nitrogen and oxygen atoms in total. The number of rotatable bonds is 3. The number of nitrogens with one attached hydrogen (secondary N) is 2. The van der Waals surface area contributed by atoms with Gasteiger partial charge in [-0.15, -0.1) is 0 Å². The molecule has 1 fully saturated rings. The van der Waals surface area contributed by atoms with Crippen molar-refractivity contribution in [1.82, 2.24) is 15.2 Å². The van der Waals surface area contributed by atoms with Crippen molar-refractivity contribution in [3.8, 4) is 11.1 Å². The third-order valence-corrected chi connectivity index (χ3v) is 4.52. The van der Waals surface area contributed by atoms with Crippen molar-refractivity contribution in [2.24, 2.45) is 0 Å². The average Bonchev–Trinajstić information content (AvgIpc) is 2.99. The van der Waals surface area contributed by atoms with E-state index in [1.165, 1.54) is 48.6 Å². The summed E-state index contributed by atoms with van der Waals surface area (Å²) in [6, 6.07) is 11.1. The molecule has 22 heavy (non-hydrogen) atoms. The molecule has 0 bridgehead atoms. The first-order valence-corrected chi connectivity index (χ1v) is 8.05. The Balaban J connectivity index is 1.67. The fourth-order valence-corrected chi connectivity index (χ4v) is 3.29. The maximum atomic E-state index is 4.48. The molecule has 1 aliphatic carbocycles. The van der Waals surface area contributed by atoms with Gasteiger partial charge in [-0.1, -0.05) is 25.3 Å². The van der Waals surface area contributed by atoms with Crippen LogP contribution in [-0.2, 0) is 0 Å². The summed E-state index contributed by atoms with van der Waals surface area (Å²) in [5.41, 5.74) is 3.46. The van der Waals surface area contributed by atoms with E-state index in [2.05, 4.69) is 38.7 Å². The standard InChI is InChI=1S/C18H20N4/c1-2-4-15(5-3-1)20-18-16-12-14(6-7-17(16)21-22-18)13-8-10-19-11-9-13/h6-12,15H,1-5H2,(H2,20,21,22). The van der Waals surface area contributed by atoms with Crippen LogP contribution < -0.4 is 5.32 Å². The average molecular weight is 292 g/mol. The monoisotopic (exact) mass is 292 g/mol. The fraction of sp³-hybridized carbons (Fsp3) is 0.333. The molecule has 0 spiro atoms. The molecule has 2 aromatic heterocycles. The maximum Gasteiger partial charge on any atom is 0.155 e. The molecular weight excluding hydrogens is 272 g/mol. The van der Waals surface area contributed by atoms with E-state index in [1.807, 2.05) is 24.5 Å². The Morgan fingerprint density at radius 3 is 2.59 bits per heavy atom. The van der Waals surface area contributed by atoms with Crippen LogP contribution in [0.5, 0.6) is 0 Å². The Hall–Kier alpha value is -2.36. The van der Waals surface area contributed by atoms with Gasteiger partial charge in [-0.2, -0.15) is 5.10 Å². The van der Waals surface area contributed by atoms with E-state index in [-0.39, 0.29) is 0 Å². The van der Waals surface area contributed by atoms with Crippen LogP contribution in [-0.4, -0.2) is 21.2 Å². The molecular formula is C18H20N4. The van der Waals surface area contributed by atoms with E-state index in [0.717, 1.165) is 11.3 Å². The van der Waals surface area contributed by atoms with Crippen molar-refractivity contribution in [2.45, 2.75) is 38.1 Å². The second kappa shape index (κ2) is 5.79. The molecule has 0 atom stereocenters. The van der Waals surface area contributed by atoms with Crippen molar-refractivity contribution in [3.05, 3.63) is 42.7 Å². The van der Waals surface area contributed by atoms with Gasteiger partial charge in [0.25, 0.3) is 0 Å². The van der Waals surface area contributed by atoms with Gasteiger partial charge in [0, 0.05) is 23.8 Å². The Morgan fingerprint density at radius 2 is 1.77 bits per heavy atom. The largest absolute Gasteiger partial charge is 0.365 e. The van der Waals surface area contributed by atoms with E-state index < -0.39 is 0 Å². The molecule has 4 rings (SSSR count). The van der Waals surface area contributed by atoms with E-state index >= 15 is 0 Å². The van der Waals surface area contributed by atoms with Gasteiger partial charge in [-0.25, -0.2) is 0 Å². The Labute approximate surface area is 130 Å². The van der Waals surface area contributed by atoms with E-state index in [0.29, 0.717) is 6.04 Å². The minimum Gasteiger partial charge on any atom is -0.365 e. The molecule has 1 saturated carbocycles. The lowest BCUT2D eigenvalue weighted by molar-refractivity contribution is 0.462. The number of fused-ring (bicyclic) bond motifs is 1. The van der Waals surface area contributed by atoms with Crippen LogP contribution in [0.4, 0.5) is 5.82 Å². The highest BCUT2D eigenvalue weighted by Crippen LogP contribution is 2.29. The smallest absolute Gasteiger partial charge is 0.155 e. The number of pyridine rings is 1. The highest BCUT2D eigenvalue weighted by Gasteiger charge is 2.16. The van der Waals surface area contributed by atoms with Gasteiger partial charge in [0.1, 0.15) is 0 Å². The van der Waals surface area contributed by atoms with Crippen molar-refractivity contribution in [1.29, 1.82) is 0 Å². The molecule has 112 valence electrons. The van der Waals surface area contributed by atoms with Crippen molar-refractivity contribution in [3.63, 3.8) is 0 Å². The first-order valence-electron chi connectivity index (χ1n) is 8.05. The first-order chi connectivity index (χ1) is 10.9. The lowest BCUT2D eigenvalue weighted by Crippen LogP contribution is -2.22. The van der Waals surface area contributed by atoms with Crippen LogP contribution in [0.1, 0.15) is 32.1 Å². The normalized spacial score (nSPS) is 16.0. The van der Waals surface area contributed by atoms with Gasteiger partial charge in [-0.3, -0.25) is 10.1 Å². The molecule has 2 heterocycles. The maximum absolute atomic E-state index is 4.48. The molecule has 0 radical (unpaired) electrons. The van der Waals surface area contributed by atoms with Crippen LogP contribution in [0.15, 0.2) is 42.7 Å². The number of anilines is 1. The van der Waals surface area contributed by atoms with Gasteiger partial charge in [0.2, 0.25) is 0 Å². The fourth-order valence-electron chi connectivity index (χ4n) is 3.29. The number of aromatic amines is 1. The molecule has 0 aliphatic heterocycles. The Kier molecular flexibility index (Phi) is 3.51. The molecule has 4 heteroatoms. The summed E-state index contributed by atoms with van der Waals surface area (Å²) in [7, 11) is 0. The zero-order chi connectivity index (χ0) is 14.8. The number of H-pyrrole nitrogens is 1. The van der Waals surface area contributed by atoms with E-state index in [9.17, 15) is 0 Å². The quantitative estimate of drug-likeness (QED) is 0.753. The SMILES string of the molecule is c1cc(-c2ccc3[nH]nc(NC4CCCCC4)c3c2)ccn1. The number of hydrogen-bond acceptors (Lipinski definition) is 3. The van der Waals surface area contributed by atoms with Crippen molar-refractivity contribution in [2.75, 3.05) is 5.32 Å². The Morgan fingerprint density at radius 1 is 0.955 bits per heavy atom.